The van der Waals surface area contributed by atoms with Crippen molar-refractivity contribution < 1.29 is 18.7 Å². The maximum absolute atomic E-state index is 11.9. The summed E-state index contributed by atoms with van der Waals surface area (Å²) in [5.41, 5.74) is 11.8. The lowest BCUT2D eigenvalue weighted by atomic mass is 10.0. The summed E-state index contributed by atoms with van der Waals surface area (Å²) in [5.74, 6) is 0.356. The van der Waals surface area contributed by atoms with Crippen molar-refractivity contribution in [3.63, 3.8) is 0 Å². The van der Waals surface area contributed by atoms with E-state index in [4.69, 9.17) is 19.6 Å². The lowest BCUT2D eigenvalue weighted by molar-refractivity contribution is -0.142. The molecule has 4 rings (SSSR count). The summed E-state index contributed by atoms with van der Waals surface area (Å²) in [7, 11) is 0. The summed E-state index contributed by atoms with van der Waals surface area (Å²) in [4.78, 5) is 16.6. The molecular weight excluding hydrogens is 392 g/mol. The fourth-order valence-corrected chi connectivity index (χ4v) is 3.48. The Kier molecular flexibility index (Phi) is 6.29. The molecule has 2 heterocycles. The highest BCUT2D eigenvalue weighted by molar-refractivity contribution is 5.90. The largest absolute Gasteiger partial charge is 0.487 e. The second-order valence-corrected chi connectivity index (χ2v) is 7.08. The quantitative estimate of drug-likeness (QED) is 0.421. The van der Waals surface area contributed by atoms with Crippen molar-refractivity contribution in [2.45, 2.75) is 26.5 Å². The van der Waals surface area contributed by atoms with Crippen LogP contribution in [0.25, 0.3) is 22.2 Å². The van der Waals surface area contributed by atoms with Gasteiger partial charge >= 0.3 is 5.97 Å². The predicted molar refractivity (Wildman–Crippen MR) is 118 cm³/mol. The van der Waals surface area contributed by atoms with Crippen LogP contribution < -0.4 is 10.5 Å². The van der Waals surface area contributed by atoms with Crippen LogP contribution in [-0.2, 0) is 29.1 Å². The fourth-order valence-electron chi connectivity index (χ4n) is 3.48. The van der Waals surface area contributed by atoms with Crippen LogP contribution >= 0.6 is 0 Å². The first-order chi connectivity index (χ1) is 15.2. The van der Waals surface area contributed by atoms with Crippen LogP contribution in [0.5, 0.6) is 5.75 Å². The summed E-state index contributed by atoms with van der Waals surface area (Å²) < 4.78 is 16.8. The van der Waals surface area contributed by atoms with E-state index in [-0.39, 0.29) is 19.0 Å². The molecule has 0 fully saturated rings. The Hall–Kier alpha value is -3.64. The summed E-state index contributed by atoms with van der Waals surface area (Å²) >= 11 is 0. The number of rotatable bonds is 8. The average Bonchev–Trinajstić information content (AvgIpc) is 3.27. The molecule has 158 valence electrons. The molecule has 0 unspecified atom stereocenters. The minimum Gasteiger partial charge on any atom is -0.487 e. The number of para-hydroxylation sites is 1. The molecule has 6 heteroatoms. The van der Waals surface area contributed by atoms with Crippen LogP contribution in [0.2, 0.25) is 0 Å². The molecule has 0 saturated carbocycles. The normalized spacial score (nSPS) is 10.9. The molecule has 4 aromatic rings. The van der Waals surface area contributed by atoms with E-state index in [9.17, 15) is 4.79 Å². The number of hydrogen-bond acceptors (Lipinski definition) is 6. The summed E-state index contributed by atoms with van der Waals surface area (Å²) in [6, 6.07) is 19.3. The molecule has 0 spiro atoms. The summed E-state index contributed by atoms with van der Waals surface area (Å²) in [5, 5.41) is 0. The van der Waals surface area contributed by atoms with E-state index in [1.807, 2.05) is 54.6 Å². The highest BCUT2D eigenvalue weighted by Crippen LogP contribution is 2.30. The fraction of sp³-hybridized carbons (Fsp3) is 0.200. The van der Waals surface area contributed by atoms with Crippen molar-refractivity contribution in [3.05, 3.63) is 83.7 Å². The van der Waals surface area contributed by atoms with Gasteiger partial charge in [0.05, 0.1) is 25.0 Å². The third-order valence-electron chi connectivity index (χ3n) is 4.93. The Balaban J connectivity index is 1.61. The smallest absolute Gasteiger partial charge is 0.310 e. The second-order valence-electron chi connectivity index (χ2n) is 7.08. The van der Waals surface area contributed by atoms with Crippen molar-refractivity contribution >= 4 is 17.1 Å². The highest BCUT2D eigenvalue weighted by atomic mass is 16.5. The SMILES string of the molecule is CCOC(=O)Cc1ccccc1OCc1cc(-c2cccc(CN)c2)c2occc2n1. The first-order valence-electron chi connectivity index (χ1n) is 10.2. The number of aromatic nitrogens is 1. The molecule has 2 N–H and O–H groups in total. The number of nitrogens with two attached hydrogens (primary N) is 1. The van der Waals surface area contributed by atoms with Crippen LogP contribution in [0, 0.1) is 0 Å². The van der Waals surface area contributed by atoms with Crippen LogP contribution in [0.1, 0.15) is 23.7 Å². The first-order valence-corrected chi connectivity index (χ1v) is 10.2. The molecule has 0 atom stereocenters. The number of pyridine rings is 1. The van der Waals surface area contributed by atoms with Crippen molar-refractivity contribution in [1.29, 1.82) is 0 Å². The standard InChI is InChI=1S/C25H24N2O4/c1-2-29-24(28)13-19-7-3-4-9-23(19)31-16-20-14-21(25-22(27-20)10-11-30-25)18-8-5-6-17(12-18)15-26/h3-12,14H,2,13,15-16,26H2,1H3. The third kappa shape index (κ3) is 4.75. The first kappa shape index (κ1) is 20.6. The maximum atomic E-state index is 11.9. The Bertz CT molecular complexity index is 1200. The number of benzene rings is 2. The minimum atomic E-state index is -0.279. The van der Waals surface area contributed by atoms with E-state index in [1.165, 1.54) is 0 Å². The van der Waals surface area contributed by atoms with Gasteiger partial charge in [0.2, 0.25) is 0 Å². The zero-order valence-corrected chi connectivity index (χ0v) is 17.3. The van der Waals surface area contributed by atoms with Crippen molar-refractivity contribution in [1.82, 2.24) is 4.98 Å². The molecule has 0 bridgehead atoms. The van der Waals surface area contributed by atoms with Gasteiger partial charge in [0, 0.05) is 23.7 Å². The number of furan rings is 1. The second kappa shape index (κ2) is 9.45. The van der Waals surface area contributed by atoms with Gasteiger partial charge in [-0.3, -0.25) is 4.79 Å². The van der Waals surface area contributed by atoms with E-state index >= 15 is 0 Å². The van der Waals surface area contributed by atoms with E-state index in [0.29, 0.717) is 18.9 Å². The highest BCUT2D eigenvalue weighted by Gasteiger charge is 2.14. The van der Waals surface area contributed by atoms with Crippen LogP contribution in [0.4, 0.5) is 0 Å². The monoisotopic (exact) mass is 416 g/mol. The van der Waals surface area contributed by atoms with Gasteiger partial charge in [0.25, 0.3) is 0 Å². The summed E-state index contributed by atoms with van der Waals surface area (Å²) in [6.45, 7) is 2.86. The molecule has 0 amide bonds. The van der Waals surface area contributed by atoms with Crippen molar-refractivity contribution in [3.8, 4) is 16.9 Å². The molecule has 0 aliphatic rings. The van der Waals surface area contributed by atoms with Gasteiger partial charge in [-0.25, -0.2) is 4.98 Å². The van der Waals surface area contributed by atoms with Crippen LogP contribution in [0.3, 0.4) is 0 Å². The minimum absolute atomic E-state index is 0.162. The molecule has 0 aliphatic carbocycles. The van der Waals surface area contributed by atoms with Gasteiger partial charge in [-0.15, -0.1) is 0 Å². The lowest BCUT2D eigenvalue weighted by Crippen LogP contribution is -2.09. The number of fused-ring (bicyclic) bond motifs is 1. The van der Waals surface area contributed by atoms with E-state index in [2.05, 4.69) is 11.1 Å². The van der Waals surface area contributed by atoms with Crippen LogP contribution in [-0.4, -0.2) is 17.6 Å². The molecule has 2 aromatic carbocycles. The van der Waals surface area contributed by atoms with Gasteiger partial charge < -0.3 is 19.6 Å². The molecule has 0 saturated heterocycles. The van der Waals surface area contributed by atoms with Gasteiger partial charge in [-0.1, -0.05) is 36.4 Å². The molecule has 2 aromatic heterocycles. The molecule has 0 aliphatic heterocycles. The number of nitrogens with zero attached hydrogens (tertiary/aromatic N) is 1. The Morgan fingerprint density at radius 1 is 1.10 bits per heavy atom. The number of carbonyl (C=O) groups is 1. The zero-order valence-electron chi connectivity index (χ0n) is 17.3. The molecular formula is C25H24N2O4. The van der Waals surface area contributed by atoms with Gasteiger partial charge in [-0.05, 0) is 36.2 Å². The third-order valence-corrected chi connectivity index (χ3v) is 4.93. The molecule has 31 heavy (non-hydrogen) atoms. The summed E-state index contributed by atoms with van der Waals surface area (Å²) in [6.07, 6.45) is 1.79. The van der Waals surface area contributed by atoms with Gasteiger partial charge in [0.1, 0.15) is 17.9 Å². The average molecular weight is 416 g/mol. The zero-order chi connectivity index (χ0) is 21.6. The van der Waals surface area contributed by atoms with Crippen molar-refractivity contribution in [2.75, 3.05) is 6.61 Å². The van der Waals surface area contributed by atoms with Gasteiger partial charge in [0.15, 0.2) is 5.58 Å². The maximum Gasteiger partial charge on any atom is 0.310 e. The van der Waals surface area contributed by atoms with Gasteiger partial charge in [-0.2, -0.15) is 0 Å². The Morgan fingerprint density at radius 2 is 1.97 bits per heavy atom. The van der Waals surface area contributed by atoms with E-state index < -0.39 is 0 Å². The van der Waals surface area contributed by atoms with E-state index in [0.717, 1.165) is 39.0 Å². The van der Waals surface area contributed by atoms with Crippen molar-refractivity contribution in [2.24, 2.45) is 5.73 Å². The van der Waals surface area contributed by atoms with Crippen LogP contribution in [0.15, 0.2) is 71.3 Å². The Morgan fingerprint density at radius 3 is 2.81 bits per heavy atom. The topological polar surface area (TPSA) is 87.6 Å². The lowest BCUT2D eigenvalue weighted by Gasteiger charge is -2.12. The predicted octanol–water partition coefficient (Wildman–Crippen LogP) is 4.64. The van der Waals surface area contributed by atoms with E-state index in [1.54, 1.807) is 13.2 Å². The number of esters is 1. The molecule has 6 nitrogen and oxygen atoms in total. The molecule has 0 radical (unpaired) electrons. The Labute approximate surface area is 180 Å². The number of carbonyl (C=O) groups excluding carboxylic acids is 1. The number of hydrogen-bond donors (Lipinski definition) is 1. The number of ether oxygens (including phenoxy) is 2.